The number of para-hydroxylation sites is 1. The second-order valence-corrected chi connectivity index (χ2v) is 3.76. The van der Waals surface area contributed by atoms with Gasteiger partial charge in [0.25, 0.3) is 0 Å². The van der Waals surface area contributed by atoms with Gasteiger partial charge in [-0.25, -0.2) is 4.79 Å². The molecule has 0 atom stereocenters. The van der Waals surface area contributed by atoms with Crippen LogP contribution in [-0.4, -0.2) is 17.7 Å². The molecule has 0 spiro atoms. The lowest BCUT2D eigenvalue weighted by Crippen LogP contribution is -2.09. The normalized spacial score (nSPS) is 10.2. The summed E-state index contributed by atoms with van der Waals surface area (Å²) in [7, 11) is 0. The fourth-order valence-corrected chi connectivity index (χ4v) is 1.60. The molecule has 19 heavy (non-hydrogen) atoms. The van der Waals surface area contributed by atoms with E-state index in [-0.39, 0.29) is 23.9 Å². The van der Waals surface area contributed by atoms with E-state index in [4.69, 9.17) is 9.15 Å². The predicted octanol–water partition coefficient (Wildman–Crippen LogP) is 2.19. The van der Waals surface area contributed by atoms with Crippen LogP contribution in [-0.2, 0) is 4.74 Å². The van der Waals surface area contributed by atoms with E-state index < -0.39 is 11.4 Å². The zero-order valence-electron chi connectivity index (χ0n) is 10.3. The summed E-state index contributed by atoms with van der Waals surface area (Å²) < 4.78 is 10.1. The van der Waals surface area contributed by atoms with Gasteiger partial charge in [-0.1, -0.05) is 12.1 Å². The molecule has 2 rings (SSSR count). The molecular weight excluding hydrogens is 248 g/mol. The zero-order valence-corrected chi connectivity index (χ0v) is 10.3. The number of hydrogen-bond acceptors (Lipinski definition) is 5. The lowest BCUT2D eigenvalue weighted by Gasteiger charge is -2.05. The Hall–Kier alpha value is -2.56. The summed E-state index contributed by atoms with van der Waals surface area (Å²) in [5.41, 5.74) is -0.0571. The van der Waals surface area contributed by atoms with E-state index in [1.165, 1.54) is 12.1 Å². The van der Waals surface area contributed by atoms with Gasteiger partial charge in [0, 0.05) is 12.1 Å². The third-order valence-corrected chi connectivity index (χ3v) is 2.41. The van der Waals surface area contributed by atoms with Crippen LogP contribution in [0.25, 0.3) is 11.3 Å². The first kappa shape index (κ1) is 12.9. The van der Waals surface area contributed by atoms with Crippen molar-refractivity contribution in [2.45, 2.75) is 6.92 Å². The van der Waals surface area contributed by atoms with Crippen molar-refractivity contribution < 1.29 is 19.1 Å². The van der Waals surface area contributed by atoms with Gasteiger partial charge in [0.1, 0.15) is 11.5 Å². The summed E-state index contributed by atoms with van der Waals surface area (Å²) in [6.45, 7) is 1.84. The summed E-state index contributed by atoms with van der Waals surface area (Å²) in [4.78, 5) is 23.1. The van der Waals surface area contributed by atoms with E-state index in [1.54, 1.807) is 25.1 Å². The van der Waals surface area contributed by atoms with E-state index in [1.807, 2.05) is 0 Å². The number of phenolic OH excluding ortho intramolecular Hbond substituents is 1. The largest absolute Gasteiger partial charge is 0.507 e. The molecule has 5 nitrogen and oxygen atoms in total. The monoisotopic (exact) mass is 260 g/mol. The summed E-state index contributed by atoms with van der Waals surface area (Å²) in [5, 5.41) is 9.71. The molecular formula is C14H12O5. The quantitative estimate of drug-likeness (QED) is 0.856. The van der Waals surface area contributed by atoms with Gasteiger partial charge in [-0.2, -0.15) is 0 Å². The summed E-state index contributed by atoms with van der Waals surface area (Å²) in [5.74, 6) is -0.815. The summed E-state index contributed by atoms with van der Waals surface area (Å²) >= 11 is 0. The highest BCUT2D eigenvalue weighted by atomic mass is 16.5. The first-order valence-electron chi connectivity index (χ1n) is 5.72. The van der Waals surface area contributed by atoms with Gasteiger partial charge < -0.3 is 14.3 Å². The fraction of sp³-hybridized carbons (Fsp3) is 0.143. The summed E-state index contributed by atoms with van der Waals surface area (Å²) in [6, 6.07) is 8.65. The van der Waals surface area contributed by atoms with Crippen LogP contribution in [0.4, 0.5) is 0 Å². The number of hydrogen-bond donors (Lipinski definition) is 1. The van der Waals surface area contributed by atoms with Crippen molar-refractivity contribution in [1.29, 1.82) is 0 Å². The minimum atomic E-state index is -0.711. The van der Waals surface area contributed by atoms with Gasteiger partial charge in [0.05, 0.1) is 12.2 Å². The van der Waals surface area contributed by atoms with E-state index >= 15 is 0 Å². The first-order valence-corrected chi connectivity index (χ1v) is 5.72. The maximum atomic E-state index is 11.6. The van der Waals surface area contributed by atoms with Crippen LogP contribution in [0.2, 0.25) is 0 Å². The van der Waals surface area contributed by atoms with Crippen molar-refractivity contribution in [3.63, 3.8) is 0 Å². The SMILES string of the molecule is CCOC(=O)c1cc(=O)cc(-c2ccccc2O)o1. The number of esters is 1. The molecule has 0 unspecified atom stereocenters. The molecule has 0 saturated heterocycles. The van der Waals surface area contributed by atoms with Gasteiger partial charge in [-0.05, 0) is 19.1 Å². The Bertz CT molecular complexity index is 657. The standard InChI is InChI=1S/C14H12O5/c1-2-18-14(17)13-8-9(15)7-12(19-13)10-5-3-4-6-11(10)16/h3-8,16H,2H2,1H3. The van der Waals surface area contributed by atoms with E-state index in [0.717, 1.165) is 6.07 Å². The van der Waals surface area contributed by atoms with Crippen molar-refractivity contribution in [3.05, 3.63) is 52.4 Å². The molecule has 0 aliphatic heterocycles. The minimum absolute atomic E-state index is 0.0355. The number of carbonyl (C=O) groups excluding carboxylic acids is 1. The van der Waals surface area contributed by atoms with Crippen LogP contribution in [0.5, 0.6) is 5.75 Å². The maximum Gasteiger partial charge on any atom is 0.374 e. The Morgan fingerprint density at radius 3 is 2.74 bits per heavy atom. The number of phenols is 1. The van der Waals surface area contributed by atoms with Gasteiger partial charge in [0.2, 0.25) is 5.76 Å². The van der Waals surface area contributed by atoms with Crippen LogP contribution in [0.15, 0.2) is 45.6 Å². The molecule has 5 heteroatoms. The predicted molar refractivity (Wildman–Crippen MR) is 68.0 cm³/mol. The Balaban J connectivity index is 2.51. The molecule has 0 aliphatic carbocycles. The number of aromatic hydroxyl groups is 1. The second-order valence-electron chi connectivity index (χ2n) is 3.76. The van der Waals surface area contributed by atoms with Crippen molar-refractivity contribution in [2.24, 2.45) is 0 Å². The number of benzene rings is 1. The highest BCUT2D eigenvalue weighted by Crippen LogP contribution is 2.28. The molecule has 1 aromatic heterocycles. The molecule has 0 radical (unpaired) electrons. The third-order valence-electron chi connectivity index (χ3n) is 2.41. The van der Waals surface area contributed by atoms with Crippen molar-refractivity contribution in [3.8, 4) is 17.1 Å². The van der Waals surface area contributed by atoms with Crippen LogP contribution >= 0.6 is 0 Å². The molecule has 1 heterocycles. The molecule has 0 saturated carbocycles. The average molecular weight is 260 g/mol. The van der Waals surface area contributed by atoms with Gasteiger partial charge in [-0.15, -0.1) is 0 Å². The highest BCUT2D eigenvalue weighted by Gasteiger charge is 2.14. The lowest BCUT2D eigenvalue weighted by molar-refractivity contribution is 0.0488. The van der Waals surface area contributed by atoms with Gasteiger partial charge >= 0.3 is 5.97 Å². The molecule has 0 amide bonds. The smallest absolute Gasteiger partial charge is 0.374 e. The Morgan fingerprint density at radius 1 is 1.32 bits per heavy atom. The lowest BCUT2D eigenvalue weighted by atomic mass is 10.1. The van der Waals surface area contributed by atoms with E-state index in [9.17, 15) is 14.7 Å². The molecule has 0 fully saturated rings. The maximum absolute atomic E-state index is 11.6. The number of carbonyl (C=O) groups is 1. The van der Waals surface area contributed by atoms with Gasteiger partial charge in [-0.3, -0.25) is 4.79 Å². The molecule has 0 aliphatic rings. The number of rotatable bonds is 3. The highest BCUT2D eigenvalue weighted by molar-refractivity contribution is 5.86. The second kappa shape index (κ2) is 5.39. The van der Waals surface area contributed by atoms with Crippen LogP contribution in [0, 0.1) is 0 Å². The Morgan fingerprint density at radius 2 is 2.05 bits per heavy atom. The summed E-state index contributed by atoms with van der Waals surface area (Å²) in [6.07, 6.45) is 0. The molecule has 98 valence electrons. The Kier molecular flexibility index (Phi) is 3.66. The molecule has 1 N–H and O–H groups in total. The molecule has 0 bridgehead atoms. The Labute approximate surface area is 109 Å². The average Bonchev–Trinajstić information content (AvgIpc) is 2.39. The molecule has 2 aromatic rings. The zero-order chi connectivity index (χ0) is 13.8. The van der Waals surface area contributed by atoms with Crippen molar-refractivity contribution >= 4 is 5.97 Å². The van der Waals surface area contributed by atoms with E-state index in [0.29, 0.717) is 5.56 Å². The fourth-order valence-electron chi connectivity index (χ4n) is 1.60. The van der Waals surface area contributed by atoms with Crippen LogP contribution in [0.1, 0.15) is 17.5 Å². The topological polar surface area (TPSA) is 76.7 Å². The van der Waals surface area contributed by atoms with Gasteiger partial charge in [0.15, 0.2) is 5.43 Å². The third kappa shape index (κ3) is 2.82. The molecule has 1 aromatic carbocycles. The van der Waals surface area contributed by atoms with Crippen LogP contribution < -0.4 is 5.43 Å². The van der Waals surface area contributed by atoms with Crippen LogP contribution in [0.3, 0.4) is 0 Å². The van der Waals surface area contributed by atoms with Crippen molar-refractivity contribution in [2.75, 3.05) is 6.61 Å². The van der Waals surface area contributed by atoms with Crippen molar-refractivity contribution in [1.82, 2.24) is 0 Å². The minimum Gasteiger partial charge on any atom is -0.507 e. The first-order chi connectivity index (χ1) is 9.11. The van der Waals surface area contributed by atoms with E-state index in [2.05, 4.69) is 0 Å². The number of ether oxygens (including phenoxy) is 1.